The minimum atomic E-state index is -1.07. The molecule has 3 amide bonds. The van der Waals surface area contributed by atoms with Crippen molar-refractivity contribution in [2.24, 2.45) is 0 Å². The Labute approximate surface area is 212 Å². The van der Waals surface area contributed by atoms with E-state index in [1.807, 2.05) is 0 Å². The van der Waals surface area contributed by atoms with Crippen LogP contribution in [0.15, 0.2) is 65.9 Å². The Morgan fingerprint density at radius 3 is 2.49 bits per heavy atom. The van der Waals surface area contributed by atoms with Crippen molar-refractivity contribution >= 4 is 51.6 Å². The fourth-order valence-corrected chi connectivity index (χ4v) is 4.27. The van der Waals surface area contributed by atoms with Crippen molar-refractivity contribution in [1.29, 1.82) is 0 Å². The molecule has 8 nitrogen and oxygen atoms in total. The van der Waals surface area contributed by atoms with Crippen LogP contribution in [0, 0.1) is 17.5 Å². The highest BCUT2D eigenvalue weighted by molar-refractivity contribution is 6.30. The van der Waals surface area contributed by atoms with E-state index in [-0.39, 0.29) is 33.4 Å². The lowest BCUT2D eigenvalue weighted by Crippen LogP contribution is -2.46. The van der Waals surface area contributed by atoms with Gasteiger partial charge in [0.25, 0.3) is 5.91 Å². The Bertz CT molecular complexity index is 1580. The molecule has 0 spiro atoms. The summed E-state index contributed by atoms with van der Waals surface area (Å²) in [5, 5.41) is 18.3. The number of allylic oxidation sites excluding steroid dienone is 1. The molecule has 5 rings (SSSR count). The van der Waals surface area contributed by atoms with Gasteiger partial charge in [-0.2, -0.15) is 5.10 Å². The van der Waals surface area contributed by atoms with Crippen LogP contribution in [0.1, 0.15) is 18.5 Å². The third-order valence-corrected chi connectivity index (χ3v) is 5.97. The van der Waals surface area contributed by atoms with Crippen LogP contribution in [-0.2, 0) is 4.79 Å². The van der Waals surface area contributed by atoms with Crippen LogP contribution in [0.4, 0.5) is 35.2 Å². The highest BCUT2D eigenvalue weighted by atomic mass is 35.5. The molecule has 0 saturated heterocycles. The molecule has 12 heteroatoms. The lowest BCUT2D eigenvalue weighted by molar-refractivity contribution is -0.113. The number of hydrogen-bond acceptors (Lipinski definition) is 4. The second kappa shape index (κ2) is 9.51. The number of fused-ring (bicyclic) bond motifs is 1. The lowest BCUT2D eigenvalue weighted by atomic mass is 9.94. The van der Waals surface area contributed by atoms with Gasteiger partial charge in [-0.25, -0.2) is 18.0 Å². The van der Waals surface area contributed by atoms with Crippen molar-refractivity contribution in [1.82, 2.24) is 20.8 Å². The summed E-state index contributed by atoms with van der Waals surface area (Å²) in [5.41, 5.74) is 1.53. The second-order valence-corrected chi connectivity index (χ2v) is 8.74. The van der Waals surface area contributed by atoms with Crippen molar-refractivity contribution in [3.05, 3.63) is 93.9 Å². The number of H-pyrrole nitrogens is 1. The predicted molar refractivity (Wildman–Crippen MR) is 133 cm³/mol. The maximum atomic E-state index is 14.7. The molecule has 1 unspecified atom stereocenters. The quantitative estimate of drug-likeness (QED) is 0.231. The first-order valence-corrected chi connectivity index (χ1v) is 11.3. The molecular weight excluding hydrogens is 509 g/mol. The van der Waals surface area contributed by atoms with E-state index in [2.05, 4.69) is 31.5 Å². The topological polar surface area (TPSA) is 111 Å². The average Bonchev–Trinajstić information content (AvgIpc) is 3.19. The number of benzene rings is 3. The van der Waals surface area contributed by atoms with Crippen molar-refractivity contribution < 1.29 is 22.8 Å². The van der Waals surface area contributed by atoms with Gasteiger partial charge in [-0.15, -0.1) is 0 Å². The van der Waals surface area contributed by atoms with E-state index >= 15 is 0 Å². The maximum absolute atomic E-state index is 14.7. The number of halogens is 4. The molecule has 1 atom stereocenters. The van der Waals surface area contributed by atoms with E-state index in [0.717, 1.165) is 24.3 Å². The van der Waals surface area contributed by atoms with Gasteiger partial charge in [0.1, 0.15) is 17.5 Å². The number of carbonyl (C=O) groups is 2. The molecule has 188 valence electrons. The minimum Gasteiger partial charge on any atom is -0.338 e. The molecule has 37 heavy (non-hydrogen) atoms. The van der Waals surface area contributed by atoms with E-state index in [0.29, 0.717) is 16.6 Å². The van der Waals surface area contributed by atoms with E-state index in [1.54, 1.807) is 18.2 Å². The fourth-order valence-electron chi connectivity index (χ4n) is 4.11. The zero-order valence-corrected chi connectivity index (χ0v) is 19.8. The number of aromatic nitrogens is 2. The first-order valence-electron chi connectivity index (χ1n) is 10.9. The van der Waals surface area contributed by atoms with Gasteiger partial charge in [0, 0.05) is 39.1 Å². The Morgan fingerprint density at radius 1 is 1.00 bits per heavy atom. The molecule has 3 aromatic carbocycles. The molecule has 1 aliphatic heterocycles. The highest BCUT2D eigenvalue weighted by Crippen LogP contribution is 2.32. The summed E-state index contributed by atoms with van der Waals surface area (Å²) in [6, 6.07) is 10.2. The summed E-state index contributed by atoms with van der Waals surface area (Å²) in [6.07, 6.45) is 0. The normalized spacial score (nSPS) is 15.4. The van der Waals surface area contributed by atoms with Gasteiger partial charge in [-0.05, 0) is 49.4 Å². The van der Waals surface area contributed by atoms with Gasteiger partial charge in [-0.1, -0.05) is 17.7 Å². The molecule has 0 bridgehead atoms. The number of urea groups is 1. The third kappa shape index (κ3) is 4.94. The zero-order chi connectivity index (χ0) is 26.3. The predicted octanol–water partition coefficient (Wildman–Crippen LogP) is 5.64. The number of nitrogens with zero attached hydrogens (tertiary/aromatic N) is 1. The number of anilines is 3. The summed E-state index contributed by atoms with van der Waals surface area (Å²) < 4.78 is 41.9. The van der Waals surface area contributed by atoms with Crippen LogP contribution in [0.25, 0.3) is 10.9 Å². The summed E-state index contributed by atoms with van der Waals surface area (Å²) >= 11 is 5.86. The van der Waals surface area contributed by atoms with Gasteiger partial charge in [0.05, 0.1) is 17.1 Å². The van der Waals surface area contributed by atoms with Gasteiger partial charge in [-0.3, -0.25) is 9.89 Å². The number of hydrogen-bond donors (Lipinski definition) is 5. The first-order chi connectivity index (χ1) is 17.7. The maximum Gasteiger partial charge on any atom is 0.319 e. The molecular formula is C25H18ClF3N6O2. The summed E-state index contributed by atoms with van der Waals surface area (Å²) in [4.78, 5) is 25.4. The van der Waals surface area contributed by atoms with Crippen LogP contribution in [0.2, 0.25) is 5.02 Å². The monoisotopic (exact) mass is 526 g/mol. The van der Waals surface area contributed by atoms with E-state index in [9.17, 15) is 22.8 Å². The Morgan fingerprint density at radius 2 is 1.76 bits per heavy atom. The first kappa shape index (κ1) is 24.2. The molecule has 0 fully saturated rings. The molecule has 0 saturated carbocycles. The van der Waals surface area contributed by atoms with Crippen molar-refractivity contribution in [3.8, 4) is 0 Å². The van der Waals surface area contributed by atoms with E-state index in [4.69, 9.17) is 11.6 Å². The Hall–Kier alpha value is -4.51. The molecule has 0 aliphatic carbocycles. The largest absolute Gasteiger partial charge is 0.338 e. The Kier molecular flexibility index (Phi) is 6.22. The smallest absolute Gasteiger partial charge is 0.319 e. The van der Waals surface area contributed by atoms with Crippen LogP contribution in [0.5, 0.6) is 0 Å². The van der Waals surface area contributed by atoms with Crippen LogP contribution >= 0.6 is 11.6 Å². The number of nitrogens with one attached hydrogen (secondary N) is 5. The number of rotatable bonds is 5. The summed E-state index contributed by atoms with van der Waals surface area (Å²) in [6.45, 7) is 1.54. The molecule has 0 radical (unpaired) electrons. The number of carbonyl (C=O) groups excluding carboxylic acids is 2. The van der Waals surface area contributed by atoms with Crippen molar-refractivity contribution in [2.45, 2.75) is 13.0 Å². The highest BCUT2D eigenvalue weighted by Gasteiger charge is 2.33. The van der Waals surface area contributed by atoms with Crippen molar-refractivity contribution in [2.75, 3.05) is 10.6 Å². The van der Waals surface area contributed by atoms with Crippen LogP contribution in [-0.4, -0.2) is 22.1 Å². The van der Waals surface area contributed by atoms with Crippen LogP contribution in [0.3, 0.4) is 0 Å². The summed E-state index contributed by atoms with van der Waals surface area (Å²) in [5.74, 6) is -2.49. The standard InChI is InChI=1S/C25H18ClF3N6O2/c1-11-21(22(33-25(37)30-11)17-4-2-12(26)6-19(17)29)24(36)32-15-3-5-20-18(10-15)23(35-34-20)31-16-8-13(27)7-14(28)9-16/h2-10,22H,1H3,(H,32,36)(H2,30,33,37)(H2,31,34,35). The molecule has 5 N–H and O–H groups in total. The fraction of sp³-hybridized carbons (Fsp3) is 0.0800. The molecule has 4 aromatic rings. The van der Waals surface area contributed by atoms with Gasteiger partial charge < -0.3 is 21.3 Å². The minimum absolute atomic E-state index is 0.0721. The molecule has 1 aromatic heterocycles. The number of amides is 3. The van der Waals surface area contributed by atoms with Gasteiger partial charge in [0.15, 0.2) is 5.82 Å². The zero-order valence-electron chi connectivity index (χ0n) is 19.0. The SMILES string of the molecule is CC1=C(C(=O)Nc2ccc3[nH]nc(Nc4cc(F)cc(F)c4)c3c2)C(c2ccc(Cl)cc2F)NC(=O)N1. The summed E-state index contributed by atoms with van der Waals surface area (Å²) in [7, 11) is 0. The van der Waals surface area contributed by atoms with E-state index < -0.39 is 35.4 Å². The second-order valence-electron chi connectivity index (χ2n) is 8.31. The van der Waals surface area contributed by atoms with Crippen LogP contribution < -0.4 is 21.3 Å². The third-order valence-electron chi connectivity index (χ3n) is 5.73. The molecule has 1 aliphatic rings. The molecule has 2 heterocycles. The van der Waals surface area contributed by atoms with Gasteiger partial charge >= 0.3 is 6.03 Å². The Balaban J connectivity index is 1.45. The van der Waals surface area contributed by atoms with Crippen molar-refractivity contribution in [3.63, 3.8) is 0 Å². The number of aromatic amines is 1. The average molecular weight is 527 g/mol. The van der Waals surface area contributed by atoms with E-state index in [1.165, 1.54) is 19.1 Å². The lowest BCUT2D eigenvalue weighted by Gasteiger charge is -2.29. The van der Waals surface area contributed by atoms with Gasteiger partial charge in [0.2, 0.25) is 0 Å².